The summed E-state index contributed by atoms with van der Waals surface area (Å²) in [6, 6.07) is 4.88. The zero-order valence-corrected chi connectivity index (χ0v) is 9.90. The number of hydrogen-bond acceptors (Lipinski definition) is 3. The van der Waals surface area contributed by atoms with E-state index in [1.165, 1.54) is 6.07 Å². The highest BCUT2D eigenvalue weighted by atomic mass is 32.2. The lowest BCUT2D eigenvalue weighted by Gasteiger charge is -2.10. The number of alkyl halides is 3. The summed E-state index contributed by atoms with van der Waals surface area (Å²) in [5.74, 6) is -0.521. The molecule has 17 heavy (non-hydrogen) atoms. The first kappa shape index (κ1) is 14.0. The summed E-state index contributed by atoms with van der Waals surface area (Å²) in [4.78, 5) is 0.298. The van der Waals surface area contributed by atoms with Gasteiger partial charge >= 0.3 is 6.18 Å². The molecule has 0 fully saturated rings. The summed E-state index contributed by atoms with van der Waals surface area (Å²) < 4.78 is 51.4. The maximum Gasteiger partial charge on any atom is 0.411 e. The number of para-hydroxylation sites is 1. The molecule has 0 heterocycles. The second-order valence-corrected chi connectivity index (χ2v) is 4.78. The van der Waals surface area contributed by atoms with Crippen LogP contribution in [0.3, 0.4) is 0 Å². The molecule has 0 bridgehead atoms. The van der Waals surface area contributed by atoms with E-state index in [9.17, 15) is 17.4 Å². The Morgan fingerprint density at radius 3 is 2.65 bits per heavy atom. The normalized spacial score (nSPS) is 13.6. The van der Waals surface area contributed by atoms with Crippen molar-refractivity contribution in [3.63, 3.8) is 0 Å². The molecule has 0 aliphatic heterocycles. The largest absolute Gasteiger partial charge is 0.411 e. The molecule has 0 saturated heterocycles. The summed E-state index contributed by atoms with van der Waals surface area (Å²) in [6.45, 7) is 0.317. The van der Waals surface area contributed by atoms with Crippen molar-refractivity contribution in [2.45, 2.75) is 18.0 Å². The summed E-state index contributed by atoms with van der Waals surface area (Å²) in [6.07, 6.45) is -4.41. The Balaban J connectivity index is 2.62. The van der Waals surface area contributed by atoms with Gasteiger partial charge in [0.1, 0.15) is 12.5 Å². The van der Waals surface area contributed by atoms with Crippen LogP contribution in [0.2, 0.25) is 0 Å². The number of anilines is 1. The SMILES string of the molecule is Cc1cccc(S(=O)COCC(F)(F)F)c1N. The van der Waals surface area contributed by atoms with E-state index >= 15 is 0 Å². The highest BCUT2D eigenvalue weighted by Crippen LogP contribution is 2.21. The van der Waals surface area contributed by atoms with E-state index in [0.717, 1.165) is 5.56 Å². The maximum absolute atomic E-state index is 11.8. The zero-order valence-electron chi connectivity index (χ0n) is 9.08. The molecule has 0 radical (unpaired) electrons. The molecule has 0 aliphatic carbocycles. The second-order valence-electron chi connectivity index (χ2n) is 3.41. The van der Waals surface area contributed by atoms with E-state index in [4.69, 9.17) is 5.73 Å². The van der Waals surface area contributed by atoms with Gasteiger partial charge in [-0.15, -0.1) is 0 Å². The van der Waals surface area contributed by atoms with Gasteiger partial charge in [-0.05, 0) is 18.6 Å². The first-order valence-corrected chi connectivity index (χ1v) is 6.01. The van der Waals surface area contributed by atoms with Crippen molar-refractivity contribution in [3.8, 4) is 0 Å². The molecule has 0 saturated carbocycles. The average molecular weight is 267 g/mol. The first-order chi connectivity index (χ1) is 7.81. The van der Waals surface area contributed by atoms with Crippen molar-refractivity contribution < 1.29 is 22.1 Å². The van der Waals surface area contributed by atoms with Gasteiger partial charge in [-0.25, -0.2) is 0 Å². The van der Waals surface area contributed by atoms with Crippen LogP contribution < -0.4 is 5.73 Å². The molecule has 1 unspecified atom stereocenters. The van der Waals surface area contributed by atoms with Gasteiger partial charge in [0.2, 0.25) is 0 Å². The number of halogens is 3. The molecule has 1 aromatic carbocycles. The van der Waals surface area contributed by atoms with E-state index in [2.05, 4.69) is 4.74 Å². The fourth-order valence-electron chi connectivity index (χ4n) is 1.15. The fourth-order valence-corrected chi connectivity index (χ4v) is 2.15. The lowest BCUT2D eigenvalue weighted by atomic mass is 10.2. The molecule has 0 aromatic heterocycles. The molecule has 1 atom stereocenters. The molecular formula is C10H12F3NO2S. The summed E-state index contributed by atoms with van der Waals surface area (Å²) in [5, 5.41) is 0. The quantitative estimate of drug-likeness (QED) is 0.851. The minimum Gasteiger partial charge on any atom is -0.398 e. The van der Waals surface area contributed by atoms with Gasteiger partial charge in [0.25, 0.3) is 0 Å². The van der Waals surface area contributed by atoms with Crippen LogP contribution in [0.4, 0.5) is 18.9 Å². The maximum atomic E-state index is 11.8. The summed E-state index contributed by atoms with van der Waals surface area (Å²) >= 11 is 0. The van der Waals surface area contributed by atoms with Crippen LogP contribution >= 0.6 is 0 Å². The number of aryl methyl sites for hydroxylation is 1. The van der Waals surface area contributed by atoms with Gasteiger partial charge in [-0.2, -0.15) is 13.2 Å². The van der Waals surface area contributed by atoms with Crippen molar-refractivity contribution in [2.24, 2.45) is 0 Å². The smallest absolute Gasteiger partial charge is 0.398 e. The first-order valence-electron chi connectivity index (χ1n) is 4.69. The molecule has 0 amide bonds. The fraction of sp³-hybridized carbons (Fsp3) is 0.400. The minimum atomic E-state index is -4.41. The van der Waals surface area contributed by atoms with Crippen molar-refractivity contribution in [1.29, 1.82) is 0 Å². The van der Waals surface area contributed by atoms with Crippen LogP contribution in [0.1, 0.15) is 5.56 Å². The second kappa shape index (κ2) is 5.50. The van der Waals surface area contributed by atoms with E-state index in [1.807, 2.05) is 0 Å². The third-order valence-electron chi connectivity index (χ3n) is 1.99. The van der Waals surface area contributed by atoms with Crippen molar-refractivity contribution in [3.05, 3.63) is 23.8 Å². The summed E-state index contributed by atoms with van der Waals surface area (Å²) in [5.41, 5.74) is 6.72. The van der Waals surface area contributed by atoms with Crippen LogP contribution in [0.5, 0.6) is 0 Å². The molecule has 0 aliphatic rings. The van der Waals surface area contributed by atoms with Gasteiger partial charge in [-0.1, -0.05) is 12.1 Å². The predicted octanol–water partition coefficient (Wildman–Crippen LogP) is 2.22. The third kappa shape index (κ3) is 4.35. The Kier molecular flexibility index (Phi) is 4.53. The number of rotatable bonds is 4. The molecule has 1 aromatic rings. The Morgan fingerprint density at radius 1 is 1.41 bits per heavy atom. The van der Waals surface area contributed by atoms with Crippen LogP contribution in [0.25, 0.3) is 0 Å². The average Bonchev–Trinajstić information content (AvgIpc) is 2.20. The van der Waals surface area contributed by atoms with Crippen molar-refractivity contribution in [2.75, 3.05) is 18.3 Å². The van der Waals surface area contributed by atoms with Gasteiger partial charge in [0.15, 0.2) is 0 Å². The van der Waals surface area contributed by atoms with Gasteiger partial charge in [0.05, 0.1) is 21.4 Å². The highest BCUT2D eigenvalue weighted by molar-refractivity contribution is 7.85. The minimum absolute atomic E-state index is 0.298. The molecule has 2 N–H and O–H groups in total. The van der Waals surface area contributed by atoms with Gasteiger partial charge in [-0.3, -0.25) is 4.21 Å². The monoisotopic (exact) mass is 267 g/mol. The standard InChI is InChI=1S/C10H12F3NO2S/c1-7-3-2-4-8(9(7)14)17(15)6-16-5-10(11,12)13/h2-4H,5-6,14H2,1H3. The van der Waals surface area contributed by atoms with Crippen molar-refractivity contribution >= 4 is 16.5 Å². The lowest BCUT2D eigenvalue weighted by molar-refractivity contribution is -0.169. The third-order valence-corrected chi connectivity index (χ3v) is 3.21. The molecule has 3 nitrogen and oxygen atoms in total. The molecule has 96 valence electrons. The van der Waals surface area contributed by atoms with E-state index in [0.29, 0.717) is 10.6 Å². The molecular weight excluding hydrogens is 255 g/mol. The molecule has 1 rings (SSSR count). The number of nitrogen functional groups attached to an aromatic ring is 1. The predicted molar refractivity (Wildman–Crippen MR) is 58.9 cm³/mol. The van der Waals surface area contributed by atoms with E-state index in [-0.39, 0.29) is 0 Å². The molecule has 0 spiro atoms. The van der Waals surface area contributed by atoms with Gasteiger partial charge in [0, 0.05) is 0 Å². The Morgan fingerprint density at radius 2 is 2.06 bits per heavy atom. The number of ether oxygens (including phenoxy) is 1. The van der Waals surface area contributed by atoms with Crippen molar-refractivity contribution in [1.82, 2.24) is 0 Å². The van der Waals surface area contributed by atoms with Crippen LogP contribution in [-0.2, 0) is 15.5 Å². The van der Waals surface area contributed by atoms with Gasteiger partial charge < -0.3 is 10.5 Å². The Hall–Kier alpha value is -1.08. The topological polar surface area (TPSA) is 52.3 Å². The molecule has 7 heteroatoms. The number of benzene rings is 1. The Bertz CT molecular complexity index is 421. The van der Waals surface area contributed by atoms with Crippen LogP contribution in [0, 0.1) is 6.92 Å². The summed E-state index contributed by atoms with van der Waals surface area (Å²) in [7, 11) is -1.69. The highest BCUT2D eigenvalue weighted by Gasteiger charge is 2.27. The zero-order chi connectivity index (χ0) is 13.1. The van der Waals surface area contributed by atoms with E-state index < -0.39 is 29.5 Å². The van der Waals surface area contributed by atoms with E-state index in [1.54, 1.807) is 19.1 Å². The lowest BCUT2D eigenvalue weighted by Crippen LogP contribution is -2.19. The Labute approximate surface area is 99.2 Å². The van der Waals surface area contributed by atoms with Crippen LogP contribution in [-0.4, -0.2) is 22.9 Å². The number of nitrogens with two attached hydrogens (primary N) is 1. The number of hydrogen-bond donors (Lipinski definition) is 1. The van der Waals surface area contributed by atoms with Crippen LogP contribution in [0.15, 0.2) is 23.1 Å².